The number of hydrogen-bond donors (Lipinski definition) is 2. The first kappa shape index (κ1) is 16.9. The predicted octanol–water partition coefficient (Wildman–Crippen LogP) is 3.14. The van der Waals surface area contributed by atoms with Crippen LogP contribution in [0.15, 0.2) is 18.3 Å². The van der Waals surface area contributed by atoms with Crippen molar-refractivity contribution in [1.29, 1.82) is 0 Å². The number of nitro groups is 1. The lowest BCUT2D eigenvalue weighted by molar-refractivity contribution is -0.385. The van der Waals surface area contributed by atoms with Gasteiger partial charge in [0, 0.05) is 24.9 Å². The Balaban J connectivity index is 1.78. The number of nitrogens with one attached hydrogen (secondary N) is 2. The van der Waals surface area contributed by atoms with Crippen molar-refractivity contribution in [1.82, 2.24) is 15.1 Å². The molecule has 0 saturated carbocycles. The lowest BCUT2D eigenvalue weighted by Crippen LogP contribution is -2.34. The highest BCUT2D eigenvalue weighted by Gasteiger charge is 2.25. The lowest BCUT2D eigenvalue weighted by Gasteiger charge is -2.23. The Morgan fingerprint density at radius 2 is 2.16 bits per heavy atom. The molecule has 2 N–H and O–H groups in total. The zero-order chi connectivity index (χ0) is 18.1. The summed E-state index contributed by atoms with van der Waals surface area (Å²) < 4.78 is 1.76. The normalized spacial score (nSPS) is 16.2. The molecule has 2 amide bonds. The van der Waals surface area contributed by atoms with Gasteiger partial charge in [-0.1, -0.05) is 6.07 Å². The standard InChI is InChI=1S/C17H21N5O3/c1-10-7-8-15(22(24)25)11(2)16(10)19-17(23)18-13-5-4-6-14-12(13)9-21(3)20-14/h7-9,13H,4-6H2,1-3H3,(H2,18,19,23)/t13-/m0/s1. The molecule has 0 aliphatic heterocycles. The molecule has 2 aromatic rings. The summed E-state index contributed by atoms with van der Waals surface area (Å²) in [7, 11) is 1.87. The molecule has 0 bridgehead atoms. The number of aryl methyl sites for hydroxylation is 3. The van der Waals surface area contributed by atoms with Crippen LogP contribution in [-0.4, -0.2) is 20.7 Å². The Labute approximate surface area is 145 Å². The Kier molecular flexibility index (Phi) is 4.43. The molecular formula is C17H21N5O3. The SMILES string of the molecule is Cc1ccc([N+](=O)[O-])c(C)c1NC(=O)N[C@H]1CCCc2nn(C)cc21. The van der Waals surface area contributed by atoms with Crippen LogP contribution in [0.25, 0.3) is 0 Å². The van der Waals surface area contributed by atoms with Crippen LogP contribution in [-0.2, 0) is 13.5 Å². The summed E-state index contributed by atoms with van der Waals surface area (Å²) in [5.74, 6) is 0. The smallest absolute Gasteiger partial charge is 0.319 e. The van der Waals surface area contributed by atoms with Crippen LogP contribution >= 0.6 is 0 Å². The fourth-order valence-electron chi connectivity index (χ4n) is 3.35. The Morgan fingerprint density at radius 1 is 1.40 bits per heavy atom. The number of aromatic nitrogens is 2. The number of rotatable bonds is 3. The quantitative estimate of drug-likeness (QED) is 0.660. The highest BCUT2D eigenvalue weighted by Crippen LogP contribution is 2.30. The van der Waals surface area contributed by atoms with Gasteiger partial charge in [0.25, 0.3) is 5.69 Å². The van der Waals surface area contributed by atoms with E-state index in [0.29, 0.717) is 11.3 Å². The number of nitro benzene ring substituents is 1. The van der Waals surface area contributed by atoms with Crippen LogP contribution in [0.4, 0.5) is 16.2 Å². The third-order valence-corrected chi connectivity index (χ3v) is 4.60. The first-order valence-corrected chi connectivity index (χ1v) is 8.21. The van der Waals surface area contributed by atoms with Gasteiger partial charge in [-0.2, -0.15) is 5.10 Å². The number of carbonyl (C=O) groups is 1. The van der Waals surface area contributed by atoms with Crippen molar-refractivity contribution >= 4 is 17.4 Å². The fourth-order valence-corrected chi connectivity index (χ4v) is 3.35. The number of hydrogen-bond acceptors (Lipinski definition) is 4. The number of fused-ring (bicyclic) bond motifs is 1. The number of anilines is 1. The Bertz CT molecular complexity index is 843. The Morgan fingerprint density at radius 3 is 2.88 bits per heavy atom. The summed E-state index contributed by atoms with van der Waals surface area (Å²) >= 11 is 0. The van der Waals surface area contributed by atoms with Gasteiger partial charge in [0.05, 0.1) is 27.9 Å². The van der Waals surface area contributed by atoms with Gasteiger partial charge in [-0.15, -0.1) is 0 Å². The van der Waals surface area contributed by atoms with Crippen LogP contribution in [0.3, 0.4) is 0 Å². The molecule has 1 atom stereocenters. The zero-order valence-corrected chi connectivity index (χ0v) is 14.5. The Hall–Kier alpha value is -2.90. The van der Waals surface area contributed by atoms with Gasteiger partial charge >= 0.3 is 6.03 Å². The van der Waals surface area contributed by atoms with E-state index in [1.807, 2.05) is 20.2 Å². The molecule has 1 aliphatic rings. The third kappa shape index (κ3) is 3.33. The van der Waals surface area contributed by atoms with E-state index in [-0.39, 0.29) is 17.8 Å². The minimum Gasteiger partial charge on any atom is -0.331 e. The molecule has 0 radical (unpaired) electrons. The second kappa shape index (κ2) is 6.54. The largest absolute Gasteiger partial charge is 0.331 e. The minimum absolute atomic E-state index is 0.00638. The summed E-state index contributed by atoms with van der Waals surface area (Å²) in [6, 6.07) is 2.63. The van der Waals surface area contributed by atoms with Crippen molar-refractivity contribution in [3.63, 3.8) is 0 Å². The maximum Gasteiger partial charge on any atom is 0.319 e. The van der Waals surface area contributed by atoms with Gasteiger partial charge in [0.15, 0.2) is 0 Å². The average Bonchev–Trinajstić information content (AvgIpc) is 2.92. The number of benzene rings is 1. The van der Waals surface area contributed by atoms with Crippen molar-refractivity contribution < 1.29 is 9.72 Å². The fraction of sp³-hybridized carbons (Fsp3) is 0.412. The van der Waals surface area contributed by atoms with Crippen molar-refractivity contribution in [2.24, 2.45) is 7.05 Å². The van der Waals surface area contributed by atoms with E-state index >= 15 is 0 Å². The average molecular weight is 343 g/mol. The summed E-state index contributed by atoms with van der Waals surface area (Å²) in [5.41, 5.74) is 3.76. The van der Waals surface area contributed by atoms with Crippen LogP contribution in [0.5, 0.6) is 0 Å². The maximum absolute atomic E-state index is 12.5. The van der Waals surface area contributed by atoms with Gasteiger partial charge in [-0.3, -0.25) is 14.8 Å². The molecule has 0 unspecified atom stereocenters. The molecule has 1 heterocycles. The van der Waals surface area contributed by atoms with Crippen LogP contribution in [0, 0.1) is 24.0 Å². The van der Waals surface area contributed by atoms with Gasteiger partial charge in [0.2, 0.25) is 0 Å². The molecule has 25 heavy (non-hydrogen) atoms. The van der Waals surface area contributed by atoms with Gasteiger partial charge in [-0.25, -0.2) is 4.79 Å². The lowest BCUT2D eigenvalue weighted by atomic mass is 9.93. The molecular weight excluding hydrogens is 322 g/mol. The zero-order valence-electron chi connectivity index (χ0n) is 14.5. The van der Waals surface area contributed by atoms with Gasteiger partial charge in [0.1, 0.15) is 0 Å². The first-order valence-electron chi connectivity index (χ1n) is 8.21. The van der Waals surface area contributed by atoms with Crippen molar-refractivity contribution in [2.75, 3.05) is 5.32 Å². The van der Waals surface area contributed by atoms with E-state index < -0.39 is 4.92 Å². The summed E-state index contributed by atoms with van der Waals surface area (Å²) in [4.78, 5) is 23.1. The van der Waals surface area contributed by atoms with E-state index in [9.17, 15) is 14.9 Å². The van der Waals surface area contributed by atoms with Gasteiger partial charge in [-0.05, 0) is 38.7 Å². The predicted molar refractivity (Wildman–Crippen MR) is 93.6 cm³/mol. The molecule has 0 spiro atoms. The monoisotopic (exact) mass is 343 g/mol. The second-order valence-corrected chi connectivity index (χ2v) is 6.41. The van der Waals surface area contributed by atoms with E-state index in [4.69, 9.17) is 0 Å². The highest BCUT2D eigenvalue weighted by atomic mass is 16.6. The van der Waals surface area contributed by atoms with Crippen molar-refractivity contribution in [2.45, 2.75) is 39.2 Å². The van der Waals surface area contributed by atoms with Crippen LogP contribution in [0.2, 0.25) is 0 Å². The maximum atomic E-state index is 12.5. The van der Waals surface area contributed by atoms with Crippen LogP contribution in [0.1, 0.15) is 41.3 Å². The van der Waals surface area contributed by atoms with Crippen molar-refractivity contribution in [3.8, 4) is 0 Å². The number of urea groups is 1. The first-order chi connectivity index (χ1) is 11.9. The molecule has 8 nitrogen and oxygen atoms in total. The molecule has 1 aliphatic carbocycles. The molecule has 132 valence electrons. The number of amides is 2. The number of nitrogens with zero attached hydrogens (tertiary/aromatic N) is 3. The third-order valence-electron chi connectivity index (χ3n) is 4.60. The van der Waals surface area contributed by atoms with E-state index in [1.54, 1.807) is 17.7 Å². The molecule has 0 fully saturated rings. The number of carbonyl (C=O) groups excluding carboxylic acids is 1. The van der Waals surface area contributed by atoms with E-state index in [2.05, 4.69) is 15.7 Å². The van der Waals surface area contributed by atoms with E-state index in [0.717, 1.165) is 36.1 Å². The topological polar surface area (TPSA) is 102 Å². The molecule has 8 heteroatoms. The molecule has 3 rings (SSSR count). The molecule has 0 saturated heterocycles. The molecule has 1 aromatic carbocycles. The summed E-state index contributed by atoms with van der Waals surface area (Å²) in [6.07, 6.45) is 4.66. The summed E-state index contributed by atoms with van der Waals surface area (Å²) in [5, 5.41) is 21.3. The summed E-state index contributed by atoms with van der Waals surface area (Å²) in [6.45, 7) is 3.45. The van der Waals surface area contributed by atoms with E-state index in [1.165, 1.54) is 6.07 Å². The highest BCUT2D eigenvalue weighted by molar-refractivity contribution is 5.92. The molecule has 1 aromatic heterocycles. The minimum atomic E-state index is -0.444. The van der Waals surface area contributed by atoms with Gasteiger partial charge < -0.3 is 10.6 Å². The van der Waals surface area contributed by atoms with Crippen molar-refractivity contribution in [3.05, 3.63) is 50.8 Å². The second-order valence-electron chi connectivity index (χ2n) is 6.41. The van der Waals surface area contributed by atoms with Crippen LogP contribution < -0.4 is 10.6 Å².